The lowest BCUT2D eigenvalue weighted by molar-refractivity contribution is -0.124. The Kier molecular flexibility index (Phi) is 3.82. The fourth-order valence-corrected chi connectivity index (χ4v) is 3.28. The number of anilines is 1. The summed E-state index contributed by atoms with van der Waals surface area (Å²) in [6, 6.07) is 12.3. The third kappa shape index (κ3) is 2.59. The average Bonchev–Trinajstić information content (AvgIpc) is 3.33. The fraction of sp³-hybridized carbons (Fsp3) is 0.333. The van der Waals surface area contributed by atoms with Crippen molar-refractivity contribution < 1.29 is 9.53 Å². The molecule has 0 aliphatic carbocycles. The van der Waals surface area contributed by atoms with Crippen molar-refractivity contribution in [2.45, 2.75) is 32.4 Å². The molecule has 24 heavy (non-hydrogen) atoms. The van der Waals surface area contributed by atoms with E-state index >= 15 is 0 Å². The summed E-state index contributed by atoms with van der Waals surface area (Å²) >= 11 is 0. The number of rotatable bonds is 4. The van der Waals surface area contributed by atoms with Crippen molar-refractivity contribution in [2.75, 3.05) is 11.9 Å². The third-order valence-corrected chi connectivity index (χ3v) is 4.45. The molecule has 2 aromatic heterocycles. The highest BCUT2D eigenvalue weighted by atomic mass is 16.5. The maximum atomic E-state index is 12.1. The molecule has 2 N–H and O–H groups in total. The van der Waals surface area contributed by atoms with Gasteiger partial charge in [-0.3, -0.25) is 9.89 Å². The van der Waals surface area contributed by atoms with Crippen LogP contribution in [0.3, 0.4) is 0 Å². The summed E-state index contributed by atoms with van der Waals surface area (Å²) in [4.78, 5) is 12.1. The first kappa shape index (κ1) is 15.0. The zero-order valence-electron chi connectivity index (χ0n) is 13.6. The molecule has 0 saturated carbocycles. The summed E-state index contributed by atoms with van der Waals surface area (Å²) in [5, 5.41) is 11.3. The first-order valence-electron chi connectivity index (χ1n) is 8.33. The van der Waals surface area contributed by atoms with Gasteiger partial charge in [0.05, 0.1) is 11.4 Å². The van der Waals surface area contributed by atoms with Crippen LogP contribution in [0.4, 0.5) is 5.82 Å². The highest BCUT2D eigenvalue weighted by Crippen LogP contribution is 2.28. The molecule has 6 nitrogen and oxygen atoms in total. The van der Waals surface area contributed by atoms with Crippen molar-refractivity contribution in [2.24, 2.45) is 0 Å². The van der Waals surface area contributed by atoms with Gasteiger partial charge < -0.3 is 14.6 Å². The molecule has 4 rings (SSSR count). The lowest BCUT2D eigenvalue weighted by Gasteiger charge is -2.07. The van der Waals surface area contributed by atoms with Gasteiger partial charge in [0.15, 0.2) is 5.82 Å². The van der Waals surface area contributed by atoms with E-state index in [-0.39, 0.29) is 12.0 Å². The highest BCUT2D eigenvalue weighted by molar-refractivity contribution is 5.94. The van der Waals surface area contributed by atoms with E-state index in [4.69, 9.17) is 4.74 Å². The Balaban J connectivity index is 1.61. The molecule has 6 heteroatoms. The number of amides is 1. The van der Waals surface area contributed by atoms with Crippen molar-refractivity contribution in [1.29, 1.82) is 0 Å². The highest BCUT2D eigenvalue weighted by Gasteiger charge is 2.24. The Hall–Kier alpha value is -2.60. The number of aryl methyl sites for hydroxylation is 1. The maximum Gasteiger partial charge on any atom is 0.254 e. The second-order valence-electron chi connectivity index (χ2n) is 5.99. The number of hydrogen-bond donors (Lipinski definition) is 2. The van der Waals surface area contributed by atoms with E-state index in [0.717, 1.165) is 30.8 Å². The molecule has 124 valence electrons. The Morgan fingerprint density at radius 3 is 3.08 bits per heavy atom. The summed E-state index contributed by atoms with van der Waals surface area (Å²) < 4.78 is 7.63. The standard InChI is InChI=1S/C18H20N4O2/c1-2-22-14-7-4-3-6-12(14)10-15(22)13-11-17(21-20-13)19-18(23)16-8-5-9-24-16/h3-4,6-7,10-11,16H,2,5,8-9H2,1H3,(H2,19,20,21,23). The van der Waals surface area contributed by atoms with E-state index in [0.29, 0.717) is 12.4 Å². The smallest absolute Gasteiger partial charge is 0.254 e. The van der Waals surface area contributed by atoms with Crippen LogP contribution in [0, 0.1) is 0 Å². The van der Waals surface area contributed by atoms with Gasteiger partial charge in [0.1, 0.15) is 6.10 Å². The predicted molar refractivity (Wildman–Crippen MR) is 92.8 cm³/mol. The number of hydrogen-bond acceptors (Lipinski definition) is 3. The van der Waals surface area contributed by atoms with E-state index in [1.807, 2.05) is 18.2 Å². The van der Waals surface area contributed by atoms with E-state index in [1.165, 1.54) is 10.9 Å². The molecule has 1 amide bonds. The number of H-pyrrole nitrogens is 1. The lowest BCUT2D eigenvalue weighted by atomic mass is 10.2. The molecule has 3 aromatic rings. The van der Waals surface area contributed by atoms with E-state index in [2.05, 4.69) is 45.2 Å². The zero-order chi connectivity index (χ0) is 16.5. The number of para-hydroxylation sites is 1. The molecule has 0 radical (unpaired) electrons. The van der Waals surface area contributed by atoms with Crippen LogP contribution >= 0.6 is 0 Å². The van der Waals surface area contributed by atoms with Crippen molar-refractivity contribution in [3.05, 3.63) is 36.4 Å². The second-order valence-corrected chi connectivity index (χ2v) is 5.99. The van der Waals surface area contributed by atoms with Crippen molar-refractivity contribution in [3.63, 3.8) is 0 Å². The number of aromatic nitrogens is 3. The third-order valence-electron chi connectivity index (χ3n) is 4.45. The van der Waals surface area contributed by atoms with Crippen LogP contribution < -0.4 is 5.32 Å². The number of carbonyl (C=O) groups excluding carboxylic acids is 1. The Labute approximate surface area is 139 Å². The quantitative estimate of drug-likeness (QED) is 0.774. The molecule has 1 aliphatic rings. The zero-order valence-corrected chi connectivity index (χ0v) is 13.6. The Morgan fingerprint density at radius 2 is 2.29 bits per heavy atom. The molecule has 1 aromatic carbocycles. The molecular formula is C18H20N4O2. The first-order chi connectivity index (χ1) is 11.8. The van der Waals surface area contributed by atoms with E-state index in [9.17, 15) is 4.79 Å². The largest absolute Gasteiger partial charge is 0.368 e. The van der Waals surface area contributed by atoms with Crippen LogP contribution in [-0.2, 0) is 16.1 Å². The van der Waals surface area contributed by atoms with Crippen molar-refractivity contribution >= 4 is 22.6 Å². The molecule has 1 saturated heterocycles. The predicted octanol–water partition coefficient (Wildman–Crippen LogP) is 3.17. The molecule has 3 heterocycles. The topological polar surface area (TPSA) is 71.9 Å². The van der Waals surface area contributed by atoms with Crippen LogP contribution in [0.15, 0.2) is 36.4 Å². The van der Waals surface area contributed by atoms with Crippen LogP contribution in [0.25, 0.3) is 22.3 Å². The number of benzene rings is 1. The van der Waals surface area contributed by atoms with Gasteiger partial charge in [0.25, 0.3) is 5.91 Å². The van der Waals surface area contributed by atoms with Crippen molar-refractivity contribution in [1.82, 2.24) is 14.8 Å². The summed E-state index contributed by atoms with van der Waals surface area (Å²) in [5.74, 6) is 0.403. The number of ether oxygens (including phenoxy) is 1. The number of nitrogens with zero attached hydrogens (tertiary/aromatic N) is 2. The molecule has 1 fully saturated rings. The van der Waals surface area contributed by atoms with Gasteiger partial charge in [-0.15, -0.1) is 0 Å². The van der Waals surface area contributed by atoms with Crippen LogP contribution in [-0.4, -0.2) is 33.4 Å². The molecule has 1 atom stereocenters. The molecule has 0 spiro atoms. The Morgan fingerprint density at radius 1 is 1.42 bits per heavy atom. The number of fused-ring (bicyclic) bond motifs is 1. The number of nitrogens with one attached hydrogen (secondary N) is 2. The molecule has 1 unspecified atom stereocenters. The molecule has 1 aliphatic heterocycles. The summed E-state index contributed by atoms with van der Waals surface area (Å²) in [7, 11) is 0. The SMILES string of the molecule is CCn1c(-c2cc(NC(=O)C3CCCO3)n[nH]2)cc2ccccc21. The van der Waals surface area contributed by atoms with Gasteiger partial charge in [-0.05, 0) is 31.9 Å². The van der Waals surface area contributed by atoms with E-state index < -0.39 is 0 Å². The van der Waals surface area contributed by atoms with Gasteiger partial charge in [0.2, 0.25) is 0 Å². The monoisotopic (exact) mass is 324 g/mol. The summed E-state index contributed by atoms with van der Waals surface area (Å²) in [6.45, 7) is 3.63. The minimum Gasteiger partial charge on any atom is -0.368 e. The van der Waals surface area contributed by atoms with E-state index in [1.54, 1.807) is 0 Å². The van der Waals surface area contributed by atoms with Crippen molar-refractivity contribution in [3.8, 4) is 11.4 Å². The summed E-state index contributed by atoms with van der Waals surface area (Å²) in [5.41, 5.74) is 3.13. The first-order valence-corrected chi connectivity index (χ1v) is 8.33. The van der Waals surface area contributed by atoms with Crippen LogP contribution in [0.1, 0.15) is 19.8 Å². The van der Waals surface area contributed by atoms with Gasteiger partial charge in [-0.25, -0.2) is 0 Å². The van der Waals surface area contributed by atoms with Gasteiger partial charge in [-0.2, -0.15) is 5.10 Å². The number of carbonyl (C=O) groups is 1. The summed E-state index contributed by atoms with van der Waals surface area (Å²) in [6.07, 6.45) is 1.35. The van der Waals surface area contributed by atoms with Gasteiger partial charge >= 0.3 is 0 Å². The maximum absolute atomic E-state index is 12.1. The van der Waals surface area contributed by atoms with Gasteiger partial charge in [-0.1, -0.05) is 18.2 Å². The minimum absolute atomic E-state index is 0.124. The normalized spacial score (nSPS) is 17.5. The fourth-order valence-electron chi connectivity index (χ4n) is 3.28. The average molecular weight is 324 g/mol. The Bertz CT molecular complexity index is 874. The van der Waals surface area contributed by atoms with Crippen LogP contribution in [0.5, 0.6) is 0 Å². The molecular weight excluding hydrogens is 304 g/mol. The molecule has 0 bridgehead atoms. The lowest BCUT2D eigenvalue weighted by Crippen LogP contribution is -2.26. The number of aromatic amines is 1. The van der Waals surface area contributed by atoms with Gasteiger partial charge in [0, 0.05) is 30.1 Å². The second kappa shape index (κ2) is 6.13. The van der Waals surface area contributed by atoms with Crippen LogP contribution in [0.2, 0.25) is 0 Å². The minimum atomic E-state index is -0.354.